The molecule has 130 valence electrons. The average Bonchev–Trinajstić information content (AvgIpc) is 3.05. The molecule has 0 saturated carbocycles. The quantitative estimate of drug-likeness (QED) is 0.608. The van der Waals surface area contributed by atoms with E-state index < -0.39 is 0 Å². The summed E-state index contributed by atoms with van der Waals surface area (Å²) >= 11 is 1.42. The monoisotopic (exact) mass is 355 g/mol. The van der Waals surface area contributed by atoms with E-state index in [0.717, 1.165) is 22.6 Å². The normalized spacial score (nSPS) is 12.8. The third kappa shape index (κ3) is 4.23. The summed E-state index contributed by atoms with van der Waals surface area (Å²) in [6, 6.07) is 13.9. The number of carbonyl (C=O) groups is 2. The summed E-state index contributed by atoms with van der Waals surface area (Å²) in [6.45, 7) is 4.54. The van der Waals surface area contributed by atoms with Gasteiger partial charge in [0.05, 0.1) is 5.75 Å². The largest absolute Gasteiger partial charge is 0.455 e. The van der Waals surface area contributed by atoms with Crippen LogP contribution in [-0.4, -0.2) is 30.8 Å². The summed E-state index contributed by atoms with van der Waals surface area (Å²) in [5, 5.41) is 0. The Balaban J connectivity index is 1.48. The molecule has 4 nitrogen and oxygen atoms in total. The van der Waals surface area contributed by atoms with E-state index in [2.05, 4.69) is 13.0 Å². The third-order valence-corrected chi connectivity index (χ3v) is 5.35. The van der Waals surface area contributed by atoms with Crippen LogP contribution in [0.4, 0.5) is 5.69 Å². The number of hydrogen-bond acceptors (Lipinski definition) is 4. The highest BCUT2D eigenvalue weighted by Gasteiger charge is 2.24. The predicted molar refractivity (Wildman–Crippen MR) is 100 cm³/mol. The molecule has 0 bridgehead atoms. The number of carbonyl (C=O) groups excluding carboxylic acids is 2. The van der Waals surface area contributed by atoms with E-state index >= 15 is 0 Å². The van der Waals surface area contributed by atoms with Gasteiger partial charge in [0.25, 0.3) is 5.91 Å². The maximum absolute atomic E-state index is 12.3. The molecule has 0 N–H and O–H groups in total. The molecule has 0 unspecified atom stereocenters. The molecule has 1 aliphatic heterocycles. The second-order valence-electron chi connectivity index (χ2n) is 6.12. The summed E-state index contributed by atoms with van der Waals surface area (Å²) in [5.74, 6) is -0.342. The van der Waals surface area contributed by atoms with Crippen molar-refractivity contribution in [2.75, 3.05) is 23.8 Å². The van der Waals surface area contributed by atoms with Gasteiger partial charge in [0.2, 0.25) is 0 Å². The molecule has 0 spiro atoms. The van der Waals surface area contributed by atoms with Crippen molar-refractivity contribution in [2.45, 2.75) is 25.2 Å². The molecule has 0 saturated heterocycles. The van der Waals surface area contributed by atoms with Crippen LogP contribution in [0.5, 0.6) is 0 Å². The van der Waals surface area contributed by atoms with E-state index in [-0.39, 0.29) is 24.2 Å². The maximum atomic E-state index is 12.3. The van der Waals surface area contributed by atoms with E-state index in [9.17, 15) is 9.59 Å². The molecule has 5 heteroatoms. The van der Waals surface area contributed by atoms with Gasteiger partial charge in [-0.2, -0.15) is 0 Å². The van der Waals surface area contributed by atoms with E-state index in [4.69, 9.17) is 4.74 Å². The predicted octanol–water partition coefficient (Wildman–Crippen LogP) is 3.53. The van der Waals surface area contributed by atoms with Gasteiger partial charge in [0, 0.05) is 17.1 Å². The fourth-order valence-electron chi connectivity index (χ4n) is 2.81. The van der Waals surface area contributed by atoms with Crippen molar-refractivity contribution in [2.24, 2.45) is 0 Å². The van der Waals surface area contributed by atoms with Crippen LogP contribution in [0.25, 0.3) is 0 Å². The third-order valence-electron chi connectivity index (χ3n) is 4.38. The Labute approximate surface area is 152 Å². The lowest BCUT2D eigenvalue weighted by molar-refractivity contribution is -0.145. The molecule has 25 heavy (non-hydrogen) atoms. The molecule has 2 aromatic carbocycles. The van der Waals surface area contributed by atoms with E-state index in [1.165, 1.54) is 22.9 Å². The minimum atomic E-state index is -0.371. The molecular formula is C20H21NO3S. The average molecular weight is 355 g/mol. The summed E-state index contributed by atoms with van der Waals surface area (Å²) in [5.41, 5.74) is 4.50. The molecule has 0 radical (unpaired) electrons. The Morgan fingerprint density at radius 2 is 1.92 bits per heavy atom. The van der Waals surface area contributed by atoms with Crippen LogP contribution in [0, 0.1) is 13.8 Å². The topological polar surface area (TPSA) is 46.6 Å². The lowest BCUT2D eigenvalue weighted by Crippen LogP contribution is -2.33. The van der Waals surface area contributed by atoms with Gasteiger partial charge in [-0.05, 0) is 55.2 Å². The molecular weight excluding hydrogens is 334 g/mol. The highest BCUT2D eigenvalue weighted by Crippen LogP contribution is 2.27. The molecule has 2 aromatic rings. The van der Waals surface area contributed by atoms with Crippen LogP contribution in [0.3, 0.4) is 0 Å². The first kappa shape index (κ1) is 17.5. The van der Waals surface area contributed by atoms with Gasteiger partial charge in [-0.25, -0.2) is 0 Å². The van der Waals surface area contributed by atoms with Crippen molar-refractivity contribution in [3.8, 4) is 0 Å². The summed E-state index contributed by atoms with van der Waals surface area (Å²) in [7, 11) is 0. The second kappa shape index (κ2) is 7.74. The number of amides is 1. The number of ether oxygens (including phenoxy) is 1. The number of hydrogen-bond donors (Lipinski definition) is 0. The summed E-state index contributed by atoms with van der Waals surface area (Å²) < 4.78 is 5.16. The van der Waals surface area contributed by atoms with Gasteiger partial charge in [0.1, 0.15) is 0 Å². The number of benzene rings is 2. The SMILES string of the molecule is Cc1ccc(SCC(=O)OCC(=O)N2CCc3ccccc32)cc1C. The molecule has 1 heterocycles. The first-order chi connectivity index (χ1) is 12.0. The van der Waals surface area contributed by atoms with Gasteiger partial charge >= 0.3 is 5.97 Å². The Kier molecular flexibility index (Phi) is 5.43. The molecule has 1 amide bonds. The number of rotatable bonds is 5. The Hall–Kier alpha value is -2.27. The van der Waals surface area contributed by atoms with Crippen LogP contribution in [-0.2, 0) is 20.7 Å². The lowest BCUT2D eigenvalue weighted by Gasteiger charge is -2.17. The molecule has 0 atom stereocenters. The van der Waals surface area contributed by atoms with E-state index in [1.54, 1.807) is 4.90 Å². The number of thioether (sulfide) groups is 1. The van der Waals surface area contributed by atoms with Crippen molar-refractivity contribution in [3.05, 3.63) is 59.2 Å². The smallest absolute Gasteiger partial charge is 0.316 e. The fraction of sp³-hybridized carbons (Fsp3) is 0.300. The van der Waals surface area contributed by atoms with Crippen LogP contribution in [0.15, 0.2) is 47.4 Å². The number of anilines is 1. The van der Waals surface area contributed by atoms with Gasteiger partial charge in [-0.1, -0.05) is 24.3 Å². The van der Waals surface area contributed by atoms with Crippen LogP contribution in [0.1, 0.15) is 16.7 Å². The van der Waals surface area contributed by atoms with Crippen LogP contribution < -0.4 is 4.90 Å². The van der Waals surface area contributed by atoms with Gasteiger partial charge < -0.3 is 9.64 Å². The molecule has 0 aliphatic carbocycles. The zero-order valence-corrected chi connectivity index (χ0v) is 15.3. The van der Waals surface area contributed by atoms with E-state index in [1.807, 2.05) is 43.3 Å². The minimum Gasteiger partial charge on any atom is -0.455 e. The van der Waals surface area contributed by atoms with Gasteiger partial charge in [-0.3, -0.25) is 9.59 Å². The standard InChI is InChI=1S/C20H21NO3S/c1-14-7-8-17(11-15(14)2)25-13-20(23)24-12-19(22)21-10-9-16-5-3-4-6-18(16)21/h3-8,11H,9-10,12-13H2,1-2H3. The molecule has 0 aromatic heterocycles. The van der Waals surface area contributed by atoms with Crippen molar-refractivity contribution >= 4 is 29.3 Å². The number of fused-ring (bicyclic) bond motifs is 1. The number of nitrogens with zero attached hydrogens (tertiary/aromatic N) is 1. The molecule has 1 aliphatic rings. The molecule has 0 fully saturated rings. The first-order valence-corrected chi connectivity index (χ1v) is 9.27. The first-order valence-electron chi connectivity index (χ1n) is 8.28. The lowest BCUT2D eigenvalue weighted by atomic mass is 10.1. The van der Waals surface area contributed by atoms with Gasteiger partial charge in [0.15, 0.2) is 6.61 Å². The molecule has 3 rings (SSSR count). The van der Waals surface area contributed by atoms with Crippen LogP contribution >= 0.6 is 11.8 Å². The maximum Gasteiger partial charge on any atom is 0.316 e. The zero-order valence-electron chi connectivity index (χ0n) is 14.5. The highest BCUT2D eigenvalue weighted by molar-refractivity contribution is 8.00. The Morgan fingerprint density at radius 3 is 2.72 bits per heavy atom. The number of aryl methyl sites for hydroxylation is 2. The summed E-state index contributed by atoms with van der Waals surface area (Å²) in [4.78, 5) is 27.0. The van der Waals surface area contributed by atoms with Crippen molar-refractivity contribution in [1.29, 1.82) is 0 Å². The number of esters is 1. The zero-order chi connectivity index (χ0) is 17.8. The fourth-order valence-corrected chi connectivity index (χ4v) is 3.60. The van der Waals surface area contributed by atoms with Crippen molar-refractivity contribution in [1.82, 2.24) is 0 Å². The minimum absolute atomic E-state index is 0.172. The van der Waals surface area contributed by atoms with E-state index in [0.29, 0.717) is 6.54 Å². The summed E-state index contributed by atoms with van der Waals surface area (Å²) in [6.07, 6.45) is 0.846. The number of para-hydroxylation sites is 1. The Bertz CT molecular complexity index is 803. The Morgan fingerprint density at radius 1 is 1.12 bits per heavy atom. The van der Waals surface area contributed by atoms with Crippen LogP contribution in [0.2, 0.25) is 0 Å². The van der Waals surface area contributed by atoms with Crippen molar-refractivity contribution in [3.63, 3.8) is 0 Å². The van der Waals surface area contributed by atoms with Crippen molar-refractivity contribution < 1.29 is 14.3 Å². The second-order valence-corrected chi connectivity index (χ2v) is 7.17. The van der Waals surface area contributed by atoms with Gasteiger partial charge in [-0.15, -0.1) is 11.8 Å². The highest BCUT2D eigenvalue weighted by atomic mass is 32.2.